The smallest absolute Gasteiger partial charge is 0.343 e. The number of halogens is 1. The average molecular weight is 1060 g/mol. The summed E-state index contributed by atoms with van der Waals surface area (Å²) in [5.74, 6) is -5.96. The number of carbonyl (C=O) groups is 9. The Kier molecular flexibility index (Phi) is 16.8. The van der Waals surface area contributed by atoms with E-state index in [0.29, 0.717) is 76.7 Å². The van der Waals surface area contributed by atoms with E-state index in [1.54, 1.807) is 50.2 Å². The number of hydrogen-bond donors (Lipinski definition) is 7. The number of hydrogen-bond acceptors (Lipinski definition) is 14. The Morgan fingerprint density at radius 1 is 0.896 bits per heavy atom. The van der Waals surface area contributed by atoms with Crippen LogP contribution in [0, 0.1) is 12.7 Å². The van der Waals surface area contributed by atoms with E-state index >= 15 is 4.39 Å². The molecule has 4 atom stereocenters. The van der Waals surface area contributed by atoms with Gasteiger partial charge >= 0.3 is 5.97 Å². The van der Waals surface area contributed by atoms with Crippen molar-refractivity contribution in [2.24, 2.45) is 0 Å². The molecule has 8 amide bonds. The number of benzene rings is 2. The molecule has 22 nitrogen and oxygen atoms in total. The number of esters is 1. The number of aryl methyl sites for hydroxylation is 1. The lowest BCUT2D eigenvalue weighted by Gasteiger charge is -2.31. The van der Waals surface area contributed by atoms with Crippen LogP contribution in [0.5, 0.6) is 0 Å². The Balaban J connectivity index is 0.831. The van der Waals surface area contributed by atoms with Crippen molar-refractivity contribution in [1.29, 1.82) is 0 Å². The molecule has 0 bridgehead atoms. The molecular formula is C54H58FN9O13. The number of ether oxygens (including phenoxy) is 2. The molecule has 3 aliphatic heterocycles. The van der Waals surface area contributed by atoms with Crippen molar-refractivity contribution >= 4 is 64.1 Å². The van der Waals surface area contributed by atoms with Crippen molar-refractivity contribution in [2.45, 2.75) is 102 Å². The highest BCUT2D eigenvalue weighted by molar-refractivity contribution is 6.12. The number of rotatable bonds is 23. The van der Waals surface area contributed by atoms with Gasteiger partial charge in [-0.1, -0.05) is 56.3 Å². The standard InChI is InChI=1S/C54H58FN9O13/c1-4-40(51(72)62-36-16-15-31-29(3)35(55)22-37-47(31)48(36)32-26-64-39(49(32)61-37)21-34-33(52(64)73)27-76-53(74)54(34,75)5-2)77-28-59-43(67)24-58-50(71)38(20-30-12-8-6-9-13-30)60-44(68)25-57-42(66)23-56-41(65)14-10-7-11-19-63-45(69)17-18-46(63)70/h4,6,8-9,12-13,17-18,21-22,36,38,40,75H,1,5,7,10-11,14-16,19-20,23-28H2,2-3H3,(H,56,65)(H,57,66)(H,58,71)(H,59,67)(H,60,68)(H,62,72)/t36-,38-,40-,54-/m0/s1. The fourth-order valence-electron chi connectivity index (χ4n) is 9.97. The molecular weight excluding hydrogens is 1000 g/mol. The Morgan fingerprint density at radius 3 is 2.32 bits per heavy atom. The van der Waals surface area contributed by atoms with Gasteiger partial charge in [0, 0.05) is 54.1 Å². The maximum atomic E-state index is 15.4. The summed E-state index contributed by atoms with van der Waals surface area (Å²) in [6.45, 7) is 4.95. The second-order valence-corrected chi connectivity index (χ2v) is 19.0. The van der Waals surface area contributed by atoms with Gasteiger partial charge in [-0.15, -0.1) is 0 Å². The first-order chi connectivity index (χ1) is 36.9. The van der Waals surface area contributed by atoms with E-state index in [9.17, 15) is 53.1 Å². The lowest BCUT2D eigenvalue weighted by atomic mass is 9.81. The zero-order valence-corrected chi connectivity index (χ0v) is 42.4. The summed E-state index contributed by atoms with van der Waals surface area (Å²) in [5, 5.41) is 27.4. The number of amides is 8. The molecule has 77 heavy (non-hydrogen) atoms. The molecule has 4 aromatic rings. The molecule has 404 valence electrons. The first kappa shape index (κ1) is 54.8. The molecule has 0 saturated carbocycles. The van der Waals surface area contributed by atoms with Gasteiger partial charge < -0.3 is 51.0 Å². The minimum absolute atomic E-state index is 0.0237. The largest absolute Gasteiger partial charge is 0.458 e. The predicted octanol–water partition coefficient (Wildman–Crippen LogP) is 0.837. The second-order valence-electron chi connectivity index (χ2n) is 19.0. The number of fused-ring (bicyclic) bond motifs is 5. The summed E-state index contributed by atoms with van der Waals surface area (Å²) in [6.07, 6.45) is 4.64. The van der Waals surface area contributed by atoms with Gasteiger partial charge in [-0.25, -0.2) is 14.2 Å². The zero-order chi connectivity index (χ0) is 55.1. The molecule has 8 rings (SSSR count). The molecule has 0 saturated heterocycles. The van der Waals surface area contributed by atoms with E-state index in [1.807, 2.05) is 0 Å². The summed E-state index contributed by atoms with van der Waals surface area (Å²) in [4.78, 5) is 134. The molecule has 7 N–H and O–H groups in total. The zero-order valence-electron chi connectivity index (χ0n) is 42.4. The van der Waals surface area contributed by atoms with Gasteiger partial charge in [-0.2, -0.15) is 0 Å². The monoisotopic (exact) mass is 1060 g/mol. The number of imide groups is 1. The first-order valence-corrected chi connectivity index (χ1v) is 25.2. The van der Waals surface area contributed by atoms with Crippen molar-refractivity contribution in [1.82, 2.24) is 46.4 Å². The van der Waals surface area contributed by atoms with Crippen molar-refractivity contribution in [3.05, 3.63) is 122 Å². The number of cyclic esters (lactones) is 1. The molecule has 1 aliphatic carbocycles. The predicted molar refractivity (Wildman–Crippen MR) is 272 cm³/mol. The molecule has 0 fully saturated rings. The van der Waals surface area contributed by atoms with Crippen LogP contribution >= 0.6 is 0 Å². The summed E-state index contributed by atoms with van der Waals surface area (Å²) in [7, 11) is 0. The third-order valence-corrected chi connectivity index (χ3v) is 14.1. The van der Waals surface area contributed by atoms with Crippen LogP contribution in [0.1, 0.15) is 90.4 Å². The molecule has 5 heterocycles. The number of aliphatic hydroxyl groups is 1. The molecule has 0 spiro atoms. The van der Waals surface area contributed by atoms with Crippen molar-refractivity contribution in [2.75, 3.05) is 32.9 Å². The summed E-state index contributed by atoms with van der Waals surface area (Å²) < 4.78 is 27.9. The minimum Gasteiger partial charge on any atom is -0.458 e. The Hall–Kier alpha value is -8.44. The molecule has 0 unspecified atom stereocenters. The summed E-state index contributed by atoms with van der Waals surface area (Å²) in [5.41, 5.74) is 1.64. The van der Waals surface area contributed by atoms with Gasteiger partial charge in [0.25, 0.3) is 23.3 Å². The molecule has 4 aliphatic rings. The van der Waals surface area contributed by atoms with Crippen LogP contribution in [0.25, 0.3) is 22.3 Å². The van der Waals surface area contributed by atoms with Crippen molar-refractivity contribution in [3.63, 3.8) is 0 Å². The highest BCUT2D eigenvalue weighted by Gasteiger charge is 2.46. The third-order valence-electron chi connectivity index (χ3n) is 14.1. The maximum absolute atomic E-state index is 15.4. The molecule has 0 radical (unpaired) electrons. The third kappa shape index (κ3) is 11.8. The number of aromatic nitrogens is 2. The second kappa shape index (κ2) is 23.6. The summed E-state index contributed by atoms with van der Waals surface area (Å²) >= 11 is 0. The molecule has 23 heteroatoms. The van der Waals surface area contributed by atoms with Crippen LogP contribution in [0.15, 0.2) is 72.1 Å². The Labute approximate surface area is 440 Å². The van der Waals surface area contributed by atoms with Gasteiger partial charge in [-0.3, -0.25) is 48.1 Å². The topological polar surface area (TPSA) is 303 Å². The van der Waals surface area contributed by atoms with Crippen LogP contribution < -0.4 is 37.5 Å². The highest BCUT2D eigenvalue weighted by Crippen LogP contribution is 2.46. The van der Waals surface area contributed by atoms with Gasteiger partial charge in [0.05, 0.1) is 54.7 Å². The maximum Gasteiger partial charge on any atom is 0.343 e. The van der Waals surface area contributed by atoms with Gasteiger partial charge in [-0.05, 0) is 67.3 Å². The van der Waals surface area contributed by atoms with E-state index in [-0.39, 0.29) is 67.4 Å². The van der Waals surface area contributed by atoms with Crippen LogP contribution in [0.3, 0.4) is 0 Å². The molecule has 2 aromatic heterocycles. The number of nitrogens with zero attached hydrogens (tertiary/aromatic N) is 3. The number of nitrogens with one attached hydrogen (secondary N) is 6. The number of carbonyl (C=O) groups excluding carboxylic acids is 9. The van der Waals surface area contributed by atoms with Crippen LogP contribution in [0.2, 0.25) is 0 Å². The SMILES string of the molecule is C=C[C@H](OCNC(=O)CNC(=O)[C@H](Cc1ccccc1)NC(=O)CNC(=O)CNC(=O)CCCCCN1C(=O)C=CC1=O)C(=O)N[C@H]1CCc2c(C)c(F)cc3nc4c(c1c23)Cn1c-4cc2c(c1=O)COC(=O)[C@]2(O)CC. The van der Waals surface area contributed by atoms with Crippen LogP contribution in [-0.2, 0) is 84.2 Å². The van der Waals surface area contributed by atoms with Crippen molar-refractivity contribution in [3.8, 4) is 11.4 Å². The quantitative estimate of drug-likeness (QED) is 0.0157. The lowest BCUT2D eigenvalue weighted by Crippen LogP contribution is -2.52. The Morgan fingerprint density at radius 2 is 1.60 bits per heavy atom. The van der Waals surface area contributed by atoms with E-state index in [0.717, 1.165) is 4.90 Å². The first-order valence-electron chi connectivity index (χ1n) is 25.2. The number of pyridine rings is 2. The van der Waals surface area contributed by atoms with Crippen LogP contribution in [-0.4, -0.2) is 118 Å². The van der Waals surface area contributed by atoms with Gasteiger partial charge in [0.2, 0.25) is 29.5 Å². The van der Waals surface area contributed by atoms with Gasteiger partial charge in [0.1, 0.15) is 25.2 Å². The normalized spacial score (nSPS) is 17.6. The summed E-state index contributed by atoms with van der Waals surface area (Å²) in [6, 6.07) is 9.71. The average Bonchev–Trinajstić information content (AvgIpc) is 4.03. The number of unbranched alkanes of at least 4 members (excludes halogenated alkanes) is 2. The van der Waals surface area contributed by atoms with Crippen molar-refractivity contribution < 1.29 is 62.1 Å². The van der Waals surface area contributed by atoms with Crippen LogP contribution in [0.4, 0.5) is 4.39 Å². The van der Waals surface area contributed by atoms with E-state index in [2.05, 4.69) is 38.5 Å². The lowest BCUT2D eigenvalue weighted by molar-refractivity contribution is -0.172. The highest BCUT2D eigenvalue weighted by atomic mass is 19.1. The van der Waals surface area contributed by atoms with E-state index in [1.165, 1.54) is 28.9 Å². The molecule has 2 aromatic carbocycles. The Bertz CT molecular complexity index is 3180. The minimum atomic E-state index is -2.07. The fraction of sp³-hybridized carbons (Fsp3) is 0.389. The van der Waals surface area contributed by atoms with E-state index < -0.39 is 103 Å². The fourth-order valence-corrected chi connectivity index (χ4v) is 9.97. The van der Waals surface area contributed by atoms with E-state index in [4.69, 9.17) is 14.5 Å². The van der Waals surface area contributed by atoms with Gasteiger partial charge in [0.15, 0.2) is 11.7 Å².